The zero-order chi connectivity index (χ0) is 21.9. The predicted molar refractivity (Wildman–Crippen MR) is 124 cm³/mol. The van der Waals surface area contributed by atoms with Gasteiger partial charge in [-0.15, -0.1) is 0 Å². The first-order valence-corrected chi connectivity index (χ1v) is 10.8. The van der Waals surface area contributed by atoms with E-state index in [4.69, 9.17) is 0 Å². The van der Waals surface area contributed by atoms with Crippen LogP contribution in [0.3, 0.4) is 0 Å². The zero-order valence-electron chi connectivity index (χ0n) is 17.6. The number of benzene rings is 2. The Morgan fingerprint density at radius 3 is 2.31 bits per heavy atom. The molecule has 2 aliphatic heterocycles. The fraction of sp³-hybridized carbons (Fsp3) is 0.192. The summed E-state index contributed by atoms with van der Waals surface area (Å²) in [6.07, 6.45) is 6.02. The van der Waals surface area contributed by atoms with Crippen LogP contribution in [0.2, 0.25) is 0 Å². The molecule has 0 bridgehead atoms. The Kier molecular flexibility index (Phi) is 5.52. The van der Waals surface area contributed by atoms with Crippen molar-refractivity contribution >= 4 is 23.1 Å². The Bertz CT molecular complexity index is 1150. The van der Waals surface area contributed by atoms with Crippen LogP contribution in [0.5, 0.6) is 0 Å². The van der Waals surface area contributed by atoms with Crippen molar-refractivity contribution in [3.8, 4) is 0 Å². The standard InChI is InChI=1S/C26H24N4O2/c31-25(19-9-12-27-13-10-19)24-15-20(11-14-28-24)18-5-7-23(8-6-18)29-26(32)30-16-21-3-1-2-4-22(21)17-30/h1-13,24,28H,14-17H2,(H,29,32). The lowest BCUT2D eigenvalue weighted by Gasteiger charge is -2.24. The third-order valence-electron chi connectivity index (χ3n) is 6.05. The molecule has 1 unspecified atom stereocenters. The minimum absolute atomic E-state index is 0.0773. The Labute approximate surface area is 187 Å². The van der Waals surface area contributed by atoms with E-state index in [1.165, 1.54) is 11.1 Å². The highest BCUT2D eigenvalue weighted by Gasteiger charge is 2.25. The fourth-order valence-corrected chi connectivity index (χ4v) is 4.29. The van der Waals surface area contributed by atoms with E-state index >= 15 is 0 Å². The van der Waals surface area contributed by atoms with Crippen molar-refractivity contribution in [2.75, 3.05) is 11.9 Å². The molecule has 2 amide bonds. The van der Waals surface area contributed by atoms with Crippen LogP contribution in [0, 0.1) is 0 Å². The largest absolute Gasteiger partial charge is 0.322 e. The van der Waals surface area contributed by atoms with Gasteiger partial charge >= 0.3 is 6.03 Å². The zero-order valence-corrected chi connectivity index (χ0v) is 17.6. The lowest BCUT2D eigenvalue weighted by atomic mass is 9.91. The molecule has 2 aromatic carbocycles. The molecule has 0 saturated carbocycles. The van der Waals surface area contributed by atoms with Gasteiger partial charge in [0.15, 0.2) is 5.78 Å². The summed E-state index contributed by atoms with van der Waals surface area (Å²) in [7, 11) is 0. The van der Waals surface area contributed by atoms with E-state index in [0.717, 1.165) is 16.8 Å². The Hall–Kier alpha value is -3.77. The van der Waals surface area contributed by atoms with Gasteiger partial charge in [0, 0.05) is 43.3 Å². The van der Waals surface area contributed by atoms with Gasteiger partial charge in [-0.1, -0.05) is 42.5 Å². The number of carbonyl (C=O) groups is 2. The number of pyridine rings is 1. The molecule has 1 aromatic heterocycles. The van der Waals surface area contributed by atoms with Crippen LogP contribution in [0.4, 0.5) is 10.5 Å². The van der Waals surface area contributed by atoms with E-state index < -0.39 is 0 Å². The Morgan fingerprint density at radius 2 is 1.62 bits per heavy atom. The van der Waals surface area contributed by atoms with Gasteiger partial charge in [-0.25, -0.2) is 4.79 Å². The fourth-order valence-electron chi connectivity index (χ4n) is 4.29. The van der Waals surface area contributed by atoms with Gasteiger partial charge in [0.25, 0.3) is 0 Å². The van der Waals surface area contributed by atoms with Gasteiger partial charge in [0.1, 0.15) is 0 Å². The number of carbonyl (C=O) groups excluding carboxylic acids is 2. The number of ketones is 1. The molecular formula is C26H24N4O2. The minimum atomic E-state index is -0.256. The van der Waals surface area contributed by atoms with Gasteiger partial charge in [-0.05, 0) is 52.9 Å². The monoisotopic (exact) mass is 424 g/mol. The first kappa shape index (κ1) is 20.2. The van der Waals surface area contributed by atoms with Crippen LogP contribution in [0.25, 0.3) is 5.57 Å². The van der Waals surface area contributed by atoms with Crippen LogP contribution in [0.1, 0.15) is 33.5 Å². The van der Waals surface area contributed by atoms with Gasteiger partial charge in [-0.2, -0.15) is 0 Å². The second-order valence-corrected chi connectivity index (χ2v) is 8.13. The average molecular weight is 425 g/mol. The summed E-state index contributed by atoms with van der Waals surface area (Å²) in [5.41, 5.74) is 6.02. The minimum Gasteiger partial charge on any atom is -0.316 e. The van der Waals surface area contributed by atoms with Crippen LogP contribution < -0.4 is 10.6 Å². The number of nitrogens with one attached hydrogen (secondary N) is 2. The SMILES string of the molecule is O=C(c1ccncc1)C1CC(c2ccc(NC(=O)N3Cc4ccccc4C3)cc2)=CCN1. The van der Waals surface area contributed by atoms with Crippen molar-refractivity contribution in [3.05, 3.63) is 101 Å². The Balaban J connectivity index is 1.22. The molecule has 0 saturated heterocycles. The molecule has 160 valence electrons. The average Bonchev–Trinajstić information content (AvgIpc) is 3.29. The van der Waals surface area contributed by atoms with Crippen molar-refractivity contribution in [1.82, 2.24) is 15.2 Å². The van der Waals surface area contributed by atoms with E-state index in [0.29, 0.717) is 31.6 Å². The van der Waals surface area contributed by atoms with Crippen LogP contribution in [0.15, 0.2) is 79.1 Å². The molecule has 0 spiro atoms. The lowest BCUT2D eigenvalue weighted by molar-refractivity contribution is 0.0945. The van der Waals surface area contributed by atoms with Gasteiger partial charge in [0.2, 0.25) is 0 Å². The smallest absolute Gasteiger partial charge is 0.316 e. The predicted octanol–water partition coefficient (Wildman–Crippen LogP) is 4.26. The molecular weight excluding hydrogens is 400 g/mol. The molecule has 1 atom stereocenters. The first-order valence-electron chi connectivity index (χ1n) is 10.8. The molecule has 3 heterocycles. The molecule has 6 nitrogen and oxygen atoms in total. The molecule has 0 aliphatic carbocycles. The molecule has 2 N–H and O–H groups in total. The summed E-state index contributed by atoms with van der Waals surface area (Å²) in [5.74, 6) is 0.0773. The third kappa shape index (κ3) is 4.18. The van der Waals surface area contributed by atoms with Crippen LogP contribution >= 0.6 is 0 Å². The van der Waals surface area contributed by atoms with Crippen molar-refractivity contribution in [1.29, 1.82) is 0 Å². The summed E-state index contributed by atoms with van der Waals surface area (Å²) in [6.45, 7) is 1.91. The first-order chi connectivity index (χ1) is 15.7. The molecule has 6 heteroatoms. The highest BCUT2D eigenvalue weighted by molar-refractivity contribution is 6.01. The van der Waals surface area contributed by atoms with E-state index in [9.17, 15) is 9.59 Å². The Morgan fingerprint density at radius 1 is 0.938 bits per heavy atom. The maximum Gasteiger partial charge on any atom is 0.322 e. The van der Waals surface area contributed by atoms with Crippen LogP contribution in [-0.2, 0) is 13.1 Å². The highest BCUT2D eigenvalue weighted by Crippen LogP contribution is 2.26. The van der Waals surface area contributed by atoms with Crippen molar-refractivity contribution in [2.24, 2.45) is 0 Å². The number of Topliss-reactive ketones (excluding diaryl/α,β-unsaturated/α-hetero) is 1. The van der Waals surface area contributed by atoms with Crippen molar-refractivity contribution < 1.29 is 9.59 Å². The summed E-state index contributed by atoms with van der Waals surface area (Å²) in [4.78, 5) is 31.3. The quantitative estimate of drug-likeness (QED) is 0.614. The summed E-state index contributed by atoms with van der Waals surface area (Å²) < 4.78 is 0. The number of amides is 2. The molecule has 2 aliphatic rings. The number of fused-ring (bicyclic) bond motifs is 1. The molecule has 0 radical (unpaired) electrons. The third-order valence-corrected chi connectivity index (χ3v) is 6.05. The van der Waals surface area contributed by atoms with E-state index in [2.05, 4.69) is 33.8 Å². The maximum absolute atomic E-state index is 12.8. The van der Waals surface area contributed by atoms with Crippen molar-refractivity contribution in [2.45, 2.75) is 25.6 Å². The number of aromatic nitrogens is 1. The number of hydrogen-bond donors (Lipinski definition) is 2. The van der Waals surface area contributed by atoms with Gasteiger partial charge < -0.3 is 15.5 Å². The second kappa shape index (κ2) is 8.77. The van der Waals surface area contributed by atoms with E-state index in [-0.39, 0.29) is 17.9 Å². The van der Waals surface area contributed by atoms with Crippen LogP contribution in [-0.4, -0.2) is 34.3 Å². The van der Waals surface area contributed by atoms with E-state index in [1.54, 1.807) is 24.5 Å². The second-order valence-electron chi connectivity index (χ2n) is 8.13. The lowest BCUT2D eigenvalue weighted by Crippen LogP contribution is -2.39. The normalized spacial score (nSPS) is 17.4. The van der Waals surface area contributed by atoms with Gasteiger partial charge in [-0.3, -0.25) is 9.78 Å². The number of urea groups is 1. The maximum atomic E-state index is 12.8. The number of nitrogens with zero attached hydrogens (tertiary/aromatic N) is 2. The van der Waals surface area contributed by atoms with Gasteiger partial charge in [0.05, 0.1) is 6.04 Å². The summed E-state index contributed by atoms with van der Waals surface area (Å²) in [5, 5.41) is 6.28. The summed E-state index contributed by atoms with van der Waals surface area (Å²) in [6, 6.07) is 19.1. The summed E-state index contributed by atoms with van der Waals surface area (Å²) >= 11 is 0. The molecule has 0 fully saturated rings. The molecule has 5 rings (SSSR count). The van der Waals surface area contributed by atoms with E-state index in [1.807, 2.05) is 41.3 Å². The number of hydrogen-bond acceptors (Lipinski definition) is 4. The molecule has 3 aromatic rings. The number of rotatable bonds is 4. The topological polar surface area (TPSA) is 74.3 Å². The highest BCUT2D eigenvalue weighted by atomic mass is 16.2. The molecule has 32 heavy (non-hydrogen) atoms. The number of anilines is 1. The van der Waals surface area contributed by atoms with Crippen molar-refractivity contribution in [3.63, 3.8) is 0 Å².